The van der Waals surface area contributed by atoms with Crippen molar-refractivity contribution in [2.24, 2.45) is 0 Å². The molecule has 0 saturated carbocycles. The van der Waals surface area contributed by atoms with Crippen LogP contribution in [0.4, 0.5) is 0 Å². The second-order valence-corrected chi connectivity index (χ2v) is 4.77. The molecule has 1 aromatic carbocycles. The van der Waals surface area contributed by atoms with Crippen LogP contribution >= 0.6 is 11.6 Å². The first kappa shape index (κ1) is 15.3. The highest BCUT2D eigenvalue weighted by Gasteiger charge is 2.02. The SMILES string of the molecule is [CH2]CCCCOC(C)CCOc1ccc(Cl)cc1. The maximum absolute atomic E-state index is 5.80. The van der Waals surface area contributed by atoms with Gasteiger partial charge in [-0.15, -0.1) is 0 Å². The largest absolute Gasteiger partial charge is 0.493 e. The molecule has 18 heavy (non-hydrogen) atoms. The smallest absolute Gasteiger partial charge is 0.119 e. The average Bonchev–Trinajstić information content (AvgIpc) is 2.37. The van der Waals surface area contributed by atoms with Crippen LogP contribution in [-0.4, -0.2) is 19.3 Å². The highest BCUT2D eigenvalue weighted by atomic mass is 35.5. The second kappa shape index (κ2) is 9.23. The fraction of sp³-hybridized carbons (Fsp3) is 0.533. The Hall–Kier alpha value is -0.730. The third kappa shape index (κ3) is 6.87. The standard InChI is InChI=1S/C15H22ClO2/c1-3-4-5-11-17-13(2)10-12-18-15-8-6-14(16)7-9-15/h6-9,13H,1,3-5,10-12H2,2H3. The quantitative estimate of drug-likeness (QED) is 0.614. The van der Waals surface area contributed by atoms with Crippen LogP contribution < -0.4 is 4.74 Å². The Morgan fingerprint density at radius 1 is 1.17 bits per heavy atom. The van der Waals surface area contributed by atoms with Gasteiger partial charge >= 0.3 is 0 Å². The van der Waals surface area contributed by atoms with Crippen molar-refractivity contribution in [3.05, 3.63) is 36.2 Å². The lowest BCUT2D eigenvalue weighted by molar-refractivity contribution is 0.0484. The summed E-state index contributed by atoms with van der Waals surface area (Å²) < 4.78 is 11.3. The molecule has 1 radical (unpaired) electrons. The first-order valence-corrected chi connectivity index (χ1v) is 6.89. The number of hydrogen-bond acceptors (Lipinski definition) is 2. The van der Waals surface area contributed by atoms with Gasteiger partial charge in [-0.1, -0.05) is 31.4 Å². The van der Waals surface area contributed by atoms with Crippen LogP contribution in [0.25, 0.3) is 0 Å². The molecule has 0 fully saturated rings. The van der Waals surface area contributed by atoms with Crippen molar-refractivity contribution < 1.29 is 9.47 Å². The summed E-state index contributed by atoms with van der Waals surface area (Å²) in [7, 11) is 0. The third-order valence-corrected chi connectivity index (χ3v) is 2.91. The molecule has 0 amide bonds. The molecule has 2 nitrogen and oxygen atoms in total. The monoisotopic (exact) mass is 269 g/mol. The van der Waals surface area contributed by atoms with Gasteiger partial charge in [0.05, 0.1) is 12.7 Å². The summed E-state index contributed by atoms with van der Waals surface area (Å²) >= 11 is 5.80. The van der Waals surface area contributed by atoms with Gasteiger partial charge in [-0.2, -0.15) is 0 Å². The van der Waals surface area contributed by atoms with Gasteiger partial charge in [0.2, 0.25) is 0 Å². The van der Waals surface area contributed by atoms with E-state index in [2.05, 4.69) is 13.8 Å². The van der Waals surface area contributed by atoms with Crippen LogP contribution in [0.5, 0.6) is 5.75 Å². The predicted octanol–water partition coefficient (Wildman–Crippen LogP) is 4.52. The zero-order valence-electron chi connectivity index (χ0n) is 11.0. The number of benzene rings is 1. The van der Waals surface area contributed by atoms with Crippen LogP contribution in [0, 0.1) is 6.92 Å². The Morgan fingerprint density at radius 2 is 1.89 bits per heavy atom. The van der Waals surface area contributed by atoms with Crippen molar-refractivity contribution in [1.82, 2.24) is 0 Å². The lowest BCUT2D eigenvalue weighted by atomic mass is 10.2. The fourth-order valence-electron chi connectivity index (χ4n) is 1.52. The number of hydrogen-bond donors (Lipinski definition) is 0. The molecule has 101 valence electrons. The Kier molecular flexibility index (Phi) is 7.86. The molecule has 0 spiro atoms. The van der Waals surface area contributed by atoms with E-state index in [4.69, 9.17) is 21.1 Å². The van der Waals surface area contributed by atoms with Crippen molar-refractivity contribution in [1.29, 1.82) is 0 Å². The molecule has 3 heteroatoms. The molecule has 1 rings (SSSR count). The zero-order valence-corrected chi connectivity index (χ0v) is 11.8. The highest BCUT2D eigenvalue weighted by Crippen LogP contribution is 2.15. The molecule has 0 aliphatic carbocycles. The van der Waals surface area contributed by atoms with Gasteiger partial charge < -0.3 is 9.47 Å². The van der Waals surface area contributed by atoms with Crippen molar-refractivity contribution in [2.75, 3.05) is 13.2 Å². The molecular weight excluding hydrogens is 248 g/mol. The van der Waals surface area contributed by atoms with Gasteiger partial charge in [-0.3, -0.25) is 0 Å². The molecular formula is C15H22ClO2. The maximum atomic E-state index is 5.80. The Bertz CT molecular complexity index is 311. The summed E-state index contributed by atoms with van der Waals surface area (Å²) in [5.74, 6) is 0.851. The predicted molar refractivity (Wildman–Crippen MR) is 76.2 cm³/mol. The van der Waals surface area contributed by atoms with E-state index in [0.717, 1.165) is 43.1 Å². The van der Waals surface area contributed by atoms with Crippen molar-refractivity contribution in [3.8, 4) is 5.75 Å². The van der Waals surface area contributed by atoms with E-state index in [1.807, 2.05) is 24.3 Å². The van der Waals surface area contributed by atoms with Crippen molar-refractivity contribution in [2.45, 2.75) is 38.7 Å². The Labute approximate surface area is 115 Å². The minimum atomic E-state index is 0.238. The normalized spacial score (nSPS) is 12.4. The van der Waals surface area contributed by atoms with E-state index in [0.29, 0.717) is 6.61 Å². The van der Waals surface area contributed by atoms with Crippen LogP contribution in [0.3, 0.4) is 0 Å². The van der Waals surface area contributed by atoms with E-state index < -0.39 is 0 Å². The Balaban J connectivity index is 2.07. The number of halogens is 1. The maximum Gasteiger partial charge on any atom is 0.119 e. The van der Waals surface area contributed by atoms with Crippen molar-refractivity contribution in [3.63, 3.8) is 0 Å². The van der Waals surface area contributed by atoms with E-state index >= 15 is 0 Å². The van der Waals surface area contributed by atoms with E-state index in [9.17, 15) is 0 Å². The minimum Gasteiger partial charge on any atom is -0.493 e. The lowest BCUT2D eigenvalue weighted by Crippen LogP contribution is -2.13. The number of unbranched alkanes of at least 4 members (excludes halogenated alkanes) is 2. The molecule has 0 saturated heterocycles. The molecule has 0 aliphatic rings. The van der Waals surface area contributed by atoms with E-state index in [1.54, 1.807) is 0 Å². The number of ether oxygens (including phenoxy) is 2. The first-order chi connectivity index (χ1) is 8.72. The van der Waals surface area contributed by atoms with Gasteiger partial charge in [0.15, 0.2) is 0 Å². The minimum absolute atomic E-state index is 0.238. The second-order valence-electron chi connectivity index (χ2n) is 4.33. The van der Waals surface area contributed by atoms with Crippen molar-refractivity contribution >= 4 is 11.6 Å². The molecule has 1 atom stereocenters. The fourth-order valence-corrected chi connectivity index (χ4v) is 1.65. The molecule has 1 aromatic rings. The summed E-state index contributed by atoms with van der Waals surface area (Å²) in [4.78, 5) is 0. The Morgan fingerprint density at radius 3 is 2.56 bits per heavy atom. The average molecular weight is 270 g/mol. The van der Waals surface area contributed by atoms with Gasteiger partial charge in [0, 0.05) is 18.1 Å². The van der Waals surface area contributed by atoms with Crippen LogP contribution in [0.1, 0.15) is 32.6 Å². The summed E-state index contributed by atoms with van der Waals surface area (Å²) in [6, 6.07) is 7.41. The summed E-state index contributed by atoms with van der Waals surface area (Å²) in [6.45, 7) is 7.37. The van der Waals surface area contributed by atoms with Gasteiger partial charge in [-0.05, 0) is 37.6 Å². The van der Waals surface area contributed by atoms with Crippen LogP contribution in [0.2, 0.25) is 5.02 Å². The summed E-state index contributed by atoms with van der Waals surface area (Å²) in [6.07, 6.45) is 4.34. The molecule has 0 N–H and O–H groups in total. The molecule has 0 bridgehead atoms. The summed E-state index contributed by atoms with van der Waals surface area (Å²) in [5.41, 5.74) is 0. The lowest BCUT2D eigenvalue weighted by Gasteiger charge is -2.13. The van der Waals surface area contributed by atoms with Crippen LogP contribution in [-0.2, 0) is 4.74 Å². The molecule has 0 aliphatic heterocycles. The first-order valence-electron chi connectivity index (χ1n) is 6.51. The van der Waals surface area contributed by atoms with E-state index in [-0.39, 0.29) is 6.10 Å². The van der Waals surface area contributed by atoms with E-state index in [1.165, 1.54) is 0 Å². The van der Waals surface area contributed by atoms with Gasteiger partial charge in [-0.25, -0.2) is 0 Å². The highest BCUT2D eigenvalue weighted by molar-refractivity contribution is 6.30. The summed E-state index contributed by atoms with van der Waals surface area (Å²) in [5, 5.41) is 0.726. The van der Waals surface area contributed by atoms with Gasteiger partial charge in [0.25, 0.3) is 0 Å². The zero-order chi connectivity index (χ0) is 13.2. The molecule has 0 aromatic heterocycles. The van der Waals surface area contributed by atoms with Gasteiger partial charge in [0.1, 0.15) is 5.75 Å². The topological polar surface area (TPSA) is 18.5 Å². The molecule has 0 heterocycles. The van der Waals surface area contributed by atoms with Crippen LogP contribution in [0.15, 0.2) is 24.3 Å². The number of rotatable bonds is 9. The molecule has 1 unspecified atom stereocenters. The third-order valence-electron chi connectivity index (χ3n) is 2.65.